The molecule has 0 saturated heterocycles. The van der Waals surface area contributed by atoms with Gasteiger partial charge in [0, 0.05) is 0 Å². The van der Waals surface area contributed by atoms with E-state index in [1.165, 1.54) is 0 Å². The summed E-state index contributed by atoms with van der Waals surface area (Å²) >= 11 is 0. The predicted octanol–water partition coefficient (Wildman–Crippen LogP) is 3.27. The second-order valence-electron chi connectivity index (χ2n) is 6.99. The van der Waals surface area contributed by atoms with Crippen molar-refractivity contribution in [3.8, 4) is 11.1 Å². The minimum absolute atomic E-state index is 0.244. The third kappa shape index (κ3) is 3.99. The molecule has 132 valence electrons. The van der Waals surface area contributed by atoms with Gasteiger partial charge in [0.15, 0.2) is 0 Å². The molecule has 2 aromatic carbocycles. The van der Waals surface area contributed by atoms with Crippen molar-refractivity contribution in [2.45, 2.75) is 38.9 Å². The average Bonchev–Trinajstić information content (AvgIpc) is 2.59. The summed E-state index contributed by atoms with van der Waals surface area (Å²) in [5.74, 6) is -1.20. The van der Waals surface area contributed by atoms with Crippen LogP contribution in [0.3, 0.4) is 0 Å². The number of carbonyl (C=O) groups excluding carboxylic acids is 2. The molecule has 0 unspecified atom stereocenters. The molecule has 0 aliphatic carbocycles. The molecular weight excluding hydrogens is 328 g/mol. The van der Waals surface area contributed by atoms with Crippen LogP contribution in [0.15, 0.2) is 42.5 Å². The maximum absolute atomic E-state index is 12.3. The molecular formula is C20H26N2O2Si. The van der Waals surface area contributed by atoms with Crippen LogP contribution in [0.4, 0.5) is 0 Å². The van der Waals surface area contributed by atoms with Gasteiger partial charge in [-0.25, -0.2) is 0 Å². The van der Waals surface area contributed by atoms with E-state index in [0.717, 1.165) is 29.6 Å². The van der Waals surface area contributed by atoms with E-state index in [-0.39, 0.29) is 5.56 Å². The molecule has 0 bridgehead atoms. The predicted molar refractivity (Wildman–Crippen MR) is 106 cm³/mol. The number of hydrogen-bond donors (Lipinski definition) is 2. The molecule has 0 fully saturated rings. The van der Waals surface area contributed by atoms with Crippen LogP contribution in [-0.4, -0.2) is 19.9 Å². The fourth-order valence-corrected chi connectivity index (χ4v) is 6.26. The molecule has 0 aliphatic rings. The van der Waals surface area contributed by atoms with Gasteiger partial charge in [-0.2, -0.15) is 0 Å². The lowest BCUT2D eigenvalue weighted by molar-refractivity contribution is 0.0968. The van der Waals surface area contributed by atoms with Crippen LogP contribution in [0.5, 0.6) is 0 Å². The molecule has 0 atom stereocenters. The lowest BCUT2D eigenvalue weighted by Crippen LogP contribution is -2.46. The Balaban J connectivity index is 2.75. The van der Waals surface area contributed by atoms with Crippen molar-refractivity contribution in [3.63, 3.8) is 0 Å². The minimum atomic E-state index is -1.92. The van der Waals surface area contributed by atoms with Crippen molar-refractivity contribution in [2.24, 2.45) is 11.5 Å². The normalized spacial score (nSPS) is 11.3. The molecule has 0 spiro atoms. The highest BCUT2D eigenvalue weighted by Crippen LogP contribution is 2.27. The van der Waals surface area contributed by atoms with Gasteiger partial charge in [0.2, 0.25) is 11.8 Å². The Morgan fingerprint density at radius 1 is 0.920 bits per heavy atom. The third-order valence-electron chi connectivity index (χ3n) is 4.67. The summed E-state index contributed by atoms with van der Waals surface area (Å²) in [6.07, 6.45) is 2.18. The van der Waals surface area contributed by atoms with E-state index in [2.05, 4.69) is 20.0 Å². The molecule has 5 heteroatoms. The zero-order valence-electron chi connectivity index (χ0n) is 15.1. The summed E-state index contributed by atoms with van der Waals surface area (Å²) in [4.78, 5) is 24.5. The van der Waals surface area contributed by atoms with Crippen LogP contribution in [0.2, 0.25) is 19.1 Å². The Kier molecular flexibility index (Phi) is 5.80. The number of carbonyl (C=O) groups is 2. The van der Waals surface area contributed by atoms with Crippen molar-refractivity contribution in [1.29, 1.82) is 0 Å². The second-order valence-corrected chi connectivity index (χ2v) is 11.8. The maximum atomic E-state index is 12.3. The Morgan fingerprint density at radius 2 is 1.52 bits per heavy atom. The fourth-order valence-electron chi connectivity index (χ4n) is 3.29. The molecule has 0 saturated carbocycles. The highest BCUT2D eigenvalue weighted by Gasteiger charge is 2.31. The van der Waals surface area contributed by atoms with Gasteiger partial charge >= 0.3 is 0 Å². The van der Waals surface area contributed by atoms with E-state index in [4.69, 9.17) is 11.5 Å². The number of primary amides is 2. The van der Waals surface area contributed by atoms with E-state index >= 15 is 0 Å². The van der Waals surface area contributed by atoms with E-state index in [0.29, 0.717) is 11.1 Å². The molecule has 0 aromatic heterocycles. The second kappa shape index (κ2) is 7.65. The van der Waals surface area contributed by atoms with Gasteiger partial charge in [0.1, 0.15) is 0 Å². The first-order chi connectivity index (χ1) is 11.8. The standard InChI is InChI=1S/C20H26N2O2Si/c1-4-5-13-25(2,3)16-12-11-15(14-9-7-6-8-10-14)17(19(21)23)18(16)20(22)24/h6-12H,4-5,13H2,1-3H3,(H2,21,23)(H2,22,24). The maximum Gasteiger partial charge on any atom is 0.250 e. The molecule has 0 aliphatic heterocycles. The first-order valence-corrected chi connectivity index (χ1v) is 11.8. The number of amides is 2. The SMILES string of the molecule is CCCC[Si](C)(C)c1ccc(-c2ccccc2)c(C(N)=O)c1C(N)=O. The van der Waals surface area contributed by atoms with Crippen LogP contribution in [0.25, 0.3) is 11.1 Å². The first kappa shape index (κ1) is 18.9. The van der Waals surface area contributed by atoms with Crippen LogP contribution >= 0.6 is 0 Å². The number of unbranched alkanes of at least 4 members (excludes halogenated alkanes) is 1. The van der Waals surface area contributed by atoms with Crippen molar-refractivity contribution in [3.05, 3.63) is 53.6 Å². The molecule has 25 heavy (non-hydrogen) atoms. The van der Waals surface area contributed by atoms with E-state index in [1.54, 1.807) is 0 Å². The van der Waals surface area contributed by atoms with Crippen LogP contribution in [0.1, 0.15) is 40.5 Å². The van der Waals surface area contributed by atoms with Crippen molar-refractivity contribution < 1.29 is 9.59 Å². The summed E-state index contributed by atoms with van der Waals surface area (Å²) in [6.45, 7) is 6.56. The third-order valence-corrected chi connectivity index (χ3v) is 8.15. The van der Waals surface area contributed by atoms with Crippen molar-refractivity contribution in [2.75, 3.05) is 0 Å². The molecule has 0 heterocycles. The van der Waals surface area contributed by atoms with Gasteiger partial charge in [0.05, 0.1) is 19.2 Å². The molecule has 4 N–H and O–H groups in total. The van der Waals surface area contributed by atoms with Gasteiger partial charge in [-0.1, -0.05) is 81.4 Å². The molecule has 2 amide bonds. The number of rotatable bonds is 7. The van der Waals surface area contributed by atoms with Crippen molar-refractivity contribution >= 4 is 25.1 Å². The zero-order chi connectivity index (χ0) is 18.6. The summed E-state index contributed by atoms with van der Waals surface area (Å²) in [7, 11) is -1.92. The van der Waals surface area contributed by atoms with E-state index < -0.39 is 19.9 Å². The molecule has 4 nitrogen and oxygen atoms in total. The highest BCUT2D eigenvalue weighted by atomic mass is 28.3. The highest BCUT2D eigenvalue weighted by molar-refractivity contribution is 6.90. The van der Waals surface area contributed by atoms with Gasteiger partial charge in [-0.05, 0) is 16.3 Å². The lowest BCUT2D eigenvalue weighted by Gasteiger charge is -2.27. The molecule has 2 rings (SSSR count). The summed E-state index contributed by atoms with van der Waals surface area (Å²) < 4.78 is 0. The van der Waals surface area contributed by atoms with Crippen molar-refractivity contribution in [1.82, 2.24) is 0 Å². The van der Waals surface area contributed by atoms with Crippen LogP contribution in [0, 0.1) is 0 Å². The van der Waals surface area contributed by atoms with Crippen LogP contribution < -0.4 is 16.7 Å². The van der Waals surface area contributed by atoms with Gasteiger partial charge in [-0.3, -0.25) is 9.59 Å². The number of benzene rings is 2. The summed E-state index contributed by atoms with van der Waals surface area (Å²) in [5, 5.41) is 0.918. The zero-order valence-corrected chi connectivity index (χ0v) is 16.1. The average molecular weight is 355 g/mol. The fraction of sp³-hybridized carbons (Fsp3) is 0.300. The van der Waals surface area contributed by atoms with Gasteiger partial charge < -0.3 is 11.5 Å². The van der Waals surface area contributed by atoms with Gasteiger partial charge in [0.25, 0.3) is 0 Å². The van der Waals surface area contributed by atoms with E-state index in [9.17, 15) is 9.59 Å². The molecule has 0 radical (unpaired) electrons. The smallest absolute Gasteiger partial charge is 0.250 e. The van der Waals surface area contributed by atoms with Crippen LogP contribution in [-0.2, 0) is 0 Å². The Hall–Kier alpha value is -2.40. The Bertz CT molecular complexity index is 786. The molecule has 2 aromatic rings. The summed E-state index contributed by atoms with van der Waals surface area (Å²) in [5.41, 5.74) is 13.4. The first-order valence-electron chi connectivity index (χ1n) is 8.62. The van der Waals surface area contributed by atoms with E-state index in [1.807, 2.05) is 42.5 Å². The Morgan fingerprint density at radius 3 is 2.04 bits per heavy atom. The summed E-state index contributed by atoms with van der Waals surface area (Å²) in [6, 6.07) is 14.4. The van der Waals surface area contributed by atoms with Gasteiger partial charge in [-0.15, -0.1) is 0 Å². The monoisotopic (exact) mass is 354 g/mol. The topological polar surface area (TPSA) is 86.2 Å². The number of nitrogens with two attached hydrogens (primary N) is 2. The Labute approximate surface area is 150 Å². The lowest BCUT2D eigenvalue weighted by atomic mass is 9.94. The largest absolute Gasteiger partial charge is 0.366 e. The number of hydrogen-bond acceptors (Lipinski definition) is 2. The quantitative estimate of drug-likeness (QED) is 0.748. The minimum Gasteiger partial charge on any atom is -0.366 e.